The summed E-state index contributed by atoms with van der Waals surface area (Å²) in [7, 11) is 0. The van der Waals surface area contributed by atoms with Crippen LogP contribution in [-0.2, 0) is 14.3 Å². The van der Waals surface area contributed by atoms with Gasteiger partial charge in [-0.05, 0) is 6.42 Å². The SMILES string of the molecule is C=CC(=O)OCC(CC)N1CCOCC1. The Labute approximate surface area is 90.8 Å². The first-order chi connectivity index (χ1) is 7.27. The number of carbonyl (C=O) groups is 1. The van der Waals surface area contributed by atoms with Crippen LogP contribution in [0.3, 0.4) is 0 Å². The van der Waals surface area contributed by atoms with E-state index in [4.69, 9.17) is 9.47 Å². The van der Waals surface area contributed by atoms with Gasteiger partial charge in [-0.2, -0.15) is 0 Å². The van der Waals surface area contributed by atoms with E-state index in [0.717, 1.165) is 32.7 Å². The predicted molar refractivity (Wildman–Crippen MR) is 57.6 cm³/mol. The summed E-state index contributed by atoms with van der Waals surface area (Å²) >= 11 is 0. The summed E-state index contributed by atoms with van der Waals surface area (Å²) in [5.41, 5.74) is 0. The molecule has 1 aliphatic heterocycles. The third-order valence-electron chi connectivity index (χ3n) is 2.62. The normalized spacial score (nSPS) is 19.5. The molecule has 0 spiro atoms. The second kappa shape index (κ2) is 6.58. The summed E-state index contributed by atoms with van der Waals surface area (Å²) in [4.78, 5) is 13.2. The molecule has 1 atom stereocenters. The molecule has 0 radical (unpaired) electrons. The third-order valence-corrected chi connectivity index (χ3v) is 2.62. The minimum absolute atomic E-state index is 0.304. The van der Waals surface area contributed by atoms with E-state index in [-0.39, 0.29) is 5.97 Å². The van der Waals surface area contributed by atoms with E-state index < -0.39 is 0 Å². The number of rotatable bonds is 5. The number of esters is 1. The first kappa shape index (κ1) is 12.2. The first-order valence-corrected chi connectivity index (χ1v) is 5.39. The molecule has 1 fully saturated rings. The Morgan fingerprint density at radius 1 is 1.60 bits per heavy atom. The minimum atomic E-state index is -0.346. The van der Waals surface area contributed by atoms with E-state index >= 15 is 0 Å². The molecular formula is C11H19NO3. The van der Waals surface area contributed by atoms with Crippen molar-refractivity contribution >= 4 is 5.97 Å². The highest BCUT2D eigenvalue weighted by molar-refractivity contribution is 5.81. The summed E-state index contributed by atoms with van der Waals surface area (Å²) in [6.45, 7) is 9.29. The summed E-state index contributed by atoms with van der Waals surface area (Å²) in [6.07, 6.45) is 2.18. The van der Waals surface area contributed by atoms with Gasteiger partial charge in [0.2, 0.25) is 0 Å². The standard InChI is InChI=1S/C11H19NO3/c1-3-10(9-15-11(13)4-2)12-5-7-14-8-6-12/h4,10H,2-3,5-9H2,1H3. The third kappa shape index (κ3) is 4.01. The van der Waals surface area contributed by atoms with Gasteiger partial charge < -0.3 is 9.47 Å². The molecule has 0 aromatic carbocycles. The zero-order valence-electron chi connectivity index (χ0n) is 9.28. The Bertz CT molecular complexity index is 212. The van der Waals surface area contributed by atoms with Gasteiger partial charge in [-0.3, -0.25) is 4.90 Å². The molecule has 15 heavy (non-hydrogen) atoms. The largest absolute Gasteiger partial charge is 0.461 e. The fraction of sp³-hybridized carbons (Fsp3) is 0.727. The van der Waals surface area contributed by atoms with Crippen molar-refractivity contribution in [1.29, 1.82) is 0 Å². The van der Waals surface area contributed by atoms with Gasteiger partial charge in [0, 0.05) is 25.2 Å². The molecule has 0 amide bonds. The molecule has 1 saturated heterocycles. The van der Waals surface area contributed by atoms with Gasteiger partial charge in [-0.25, -0.2) is 4.79 Å². The van der Waals surface area contributed by atoms with E-state index in [1.165, 1.54) is 6.08 Å². The zero-order valence-corrected chi connectivity index (χ0v) is 9.28. The molecule has 4 nitrogen and oxygen atoms in total. The average molecular weight is 213 g/mol. The topological polar surface area (TPSA) is 38.8 Å². The monoisotopic (exact) mass is 213 g/mol. The summed E-state index contributed by atoms with van der Waals surface area (Å²) < 4.78 is 10.3. The van der Waals surface area contributed by atoms with Crippen molar-refractivity contribution in [1.82, 2.24) is 4.90 Å². The van der Waals surface area contributed by atoms with Crippen LogP contribution >= 0.6 is 0 Å². The van der Waals surface area contributed by atoms with Crippen LogP contribution in [0.4, 0.5) is 0 Å². The maximum Gasteiger partial charge on any atom is 0.330 e. The van der Waals surface area contributed by atoms with Gasteiger partial charge >= 0.3 is 5.97 Å². The number of morpholine rings is 1. The van der Waals surface area contributed by atoms with Gasteiger partial charge in [-0.15, -0.1) is 0 Å². The van der Waals surface area contributed by atoms with Gasteiger partial charge in [0.25, 0.3) is 0 Å². The molecule has 4 heteroatoms. The van der Waals surface area contributed by atoms with Crippen molar-refractivity contribution in [3.8, 4) is 0 Å². The second-order valence-corrected chi connectivity index (χ2v) is 3.54. The van der Waals surface area contributed by atoms with Crippen LogP contribution in [0.25, 0.3) is 0 Å². The van der Waals surface area contributed by atoms with Crippen molar-refractivity contribution in [3.63, 3.8) is 0 Å². The van der Waals surface area contributed by atoms with Crippen molar-refractivity contribution in [2.24, 2.45) is 0 Å². The number of hydrogen-bond acceptors (Lipinski definition) is 4. The summed E-state index contributed by atoms with van der Waals surface area (Å²) in [5, 5.41) is 0. The van der Waals surface area contributed by atoms with E-state index in [1.807, 2.05) is 0 Å². The van der Waals surface area contributed by atoms with E-state index in [9.17, 15) is 4.79 Å². The number of carbonyl (C=O) groups excluding carboxylic acids is 1. The first-order valence-electron chi connectivity index (χ1n) is 5.39. The van der Waals surface area contributed by atoms with E-state index in [0.29, 0.717) is 12.6 Å². The van der Waals surface area contributed by atoms with Crippen LogP contribution in [0, 0.1) is 0 Å². The Balaban J connectivity index is 2.33. The smallest absolute Gasteiger partial charge is 0.330 e. The van der Waals surface area contributed by atoms with Crippen LogP contribution in [0.5, 0.6) is 0 Å². The van der Waals surface area contributed by atoms with Crippen LogP contribution in [-0.4, -0.2) is 49.8 Å². The fourth-order valence-electron chi connectivity index (χ4n) is 1.66. The van der Waals surface area contributed by atoms with Crippen molar-refractivity contribution in [2.45, 2.75) is 19.4 Å². The van der Waals surface area contributed by atoms with Crippen molar-refractivity contribution in [3.05, 3.63) is 12.7 Å². The molecule has 0 aromatic heterocycles. The van der Waals surface area contributed by atoms with E-state index in [1.54, 1.807) is 0 Å². The summed E-state index contributed by atoms with van der Waals surface area (Å²) in [6, 6.07) is 0.304. The fourth-order valence-corrected chi connectivity index (χ4v) is 1.66. The molecule has 1 heterocycles. The van der Waals surface area contributed by atoms with E-state index in [2.05, 4.69) is 18.4 Å². The minimum Gasteiger partial charge on any atom is -0.461 e. The predicted octanol–water partition coefficient (Wildman–Crippen LogP) is 0.826. The lowest BCUT2D eigenvalue weighted by Gasteiger charge is -2.33. The molecule has 0 N–H and O–H groups in total. The molecular weight excluding hydrogens is 194 g/mol. The Morgan fingerprint density at radius 3 is 2.80 bits per heavy atom. The maximum atomic E-state index is 10.9. The van der Waals surface area contributed by atoms with Crippen LogP contribution in [0.15, 0.2) is 12.7 Å². The molecule has 0 saturated carbocycles. The molecule has 1 unspecified atom stereocenters. The second-order valence-electron chi connectivity index (χ2n) is 3.54. The summed E-state index contributed by atoms with van der Waals surface area (Å²) in [5.74, 6) is -0.346. The average Bonchev–Trinajstić information content (AvgIpc) is 2.31. The molecule has 0 bridgehead atoms. The highest BCUT2D eigenvalue weighted by Crippen LogP contribution is 2.08. The van der Waals surface area contributed by atoms with Crippen molar-refractivity contribution < 1.29 is 14.3 Å². The zero-order chi connectivity index (χ0) is 11.1. The molecule has 0 aromatic rings. The highest BCUT2D eigenvalue weighted by Gasteiger charge is 2.20. The number of ether oxygens (including phenoxy) is 2. The Hall–Kier alpha value is -0.870. The molecule has 1 rings (SSSR count). The van der Waals surface area contributed by atoms with Gasteiger partial charge in [0.05, 0.1) is 13.2 Å². The maximum absolute atomic E-state index is 10.9. The lowest BCUT2D eigenvalue weighted by atomic mass is 10.2. The van der Waals surface area contributed by atoms with Gasteiger partial charge in [0.15, 0.2) is 0 Å². The van der Waals surface area contributed by atoms with Gasteiger partial charge in [0.1, 0.15) is 6.61 Å². The molecule has 0 aliphatic carbocycles. The van der Waals surface area contributed by atoms with Crippen LogP contribution in [0.2, 0.25) is 0 Å². The van der Waals surface area contributed by atoms with Crippen LogP contribution in [0.1, 0.15) is 13.3 Å². The van der Waals surface area contributed by atoms with Gasteiger partial charge in [-0.1, -0.05) is 13.5 Å². The Morgan fingerprint density at radius 2 is 2.27 bits per heavy atom. The Kier molecular flexibility index (Phi) is 5.36. The number of hydrogen-bond donors (Lipinski definition) is 0. The lowest BCUT2D eigenvalue weighted by Crippen LogP contribution is -2.45. The molecule has 1 aliphatic rings. The number of nitrogens with zero attached hydrogens (tertiary/aromatic N) is 1. The van der Waals surface area contributed by atoms with Crippen LogP contribution < -0.4 is 0 Å². The molecule has 86 valence electrons. The quantitative estimate of drug-likeness (QED) is 0.501. The van der Waals surface area contributed by atoms with Crippen molar-refractivity contribution in [2.75, 3.05) is 32.9 Å². The lowest BCUT2D eigenvalue weighted by molar-refractivity contribution is -0.140. The highest BCUT2D eigenvalue weighted by atomic mass is 16.5.